The molecule has 1 aromatic carbocycles. The van der Waals surface area contributed by atoms with Crippen LogP contribution in [-0.4, -0.2) is 20.2 Å². The molecule has 92 valence electrons. The number of pyridine rings is 1. The summed E-state index contributed by atoms with van der Waals surface area (Å²) in [5.41, 5.74) is 3.62. The molecule has 0 atom stereocenters. The number of nitrogens with zero attached hydrogens (tertiary/aromatic N) is 4. The number of hydrogen-bond acceptors (Lipinski definition) is 4. The molecule has 19 heavy (non-hydrogen) atoms. The number of benzene rings is 1. The molecule has 0 N–H and O–H groups in total. The monoisotopic (exact) mass is 248 g/mol. The van der Waals surface area contributed by atoms with Gasteiger partial charge in [-0.3, -0.25) is 4.98 Å². The summed E-state index contributed by atoms with van der Waals surface area (Å²) >= 11 is 0. The second-order valence-electron chi connectivity index (χ2n) is 4.16. The lowest BCUT2D eigenvalue weighted by Gasteiger charge is -2.07. The molecule has 2 heterocycles. The number of rotatable bonds is 2. The van der Waals surface area contributed by atoms with E-state index in [1.165, 1.54) is 0 Å². The summed E-state index contributed by atoms with van der Waals surface area (Å²) < 4.78 is 0. The Labute approximate surface area is 111 Å². The van der Waals surface area contributed by atoms with Crippen LogP contribution in [0.3, 0.4) is 0 Å². The van der Waals surface area contributed by atoms with Gasteiger partial charge in [0.15, 0.2) is 0 Å². The van der Waals surface area contributed by atoms with E-state index in [1.54, 1.807) is 12.4 Å². The highest BCUT2D eigenvalue weighted by molar-refractivity contribution is 5.77. The van der Waals surface area contributed by atoms with E-state index < -0.39 is 0 Å². The first kappa shape index (κ1) is 11.5. The van der Waals surface area contributed by atoms with E-state index in [1.807, 2.05) is 49.4 Å². The fourth-order valence-corrected chi connectivity index (χ4v) is 1.91. The minimum absolute atomic E-state index is 0.664. The van der Waals surface area contributed by atoms with Gasteiger partial charge in [0.05, 0.1) is 0 Å². The molecule has 3 aromatic rings. The summed E-state index contributed by atoms with van der Waals surface area (Å²) in [6.07, 6.45) is 3.48. The molecule has 0 spiro atoms. The van der Waals surface area contributed by atoms with Crippen LogP contribution in [0.2, 0.25) is 0 Å². The Kier molecular flexibility index (Phi) is 2.98. The molecule has 0 fully saturated rings. The van der Waals surface area contributed by atoms with Crippen molar-refractivity contribution in [2.24, 2.45) is 0 Å². The van der Waals surface area contributed by atoms with Gasteiger partial charge in [0.2, 0.25) is 0 Å². The lowest BCUT2D eigenvalue weighted by atomic mass is 10.1. The smallest absolute Gasteiger partial charge is 0.148 e. The first-order valence-corrected chi connectivity index (χ1v) is 6.02. The van der Waals surface area contributed by atoms with Crippen LogP contribution in [0.1, 0.15) is 5.82 Å². The van der Waals surface area contributed by atoms with Crippen molar-refractivity contribution in [2.45, 2.75) is 6.92 Å². The number of aromatic nitrogens is 4. The van der Waals surface area contributed by atoms with Crippen LogP contribution in [0.4, 0.5) is 0 Å². The molecular formula is C15H12N4. The molecule has 2 aromatic heterocycles. The van der Waals surface area contributed by atoms with Gasteiger partial charge in [-0.15, -0.1) is 10.2 Å². The standard InChI is InChI=1S/C15H12N4/c1-11-17-14(12-5-3-2-4-6-12)15(19-18-11)13-7-9-16-10-8-13/h2-10H,1H3. The first-order chi connectivity index (χ1) is 9.34. The van der Waals surface area contributed by atoms with Gasteiger partial charge in [-0.05, 0) is 19.1 Å². The molecular weight excluding hydrogens is 236 g/mol. The van der Waals surface area contributed by atoms with Crippen LogP contribution < -0.4 is 0 Å². The summed E-state index contributed by atoms with van der Waals surface area (Å²) in [7, 11) is 0. The summed E-state index contributed by atoms with van der Waals surface area (Å²) in [6, 6.07) is 13.8. The summed E-state index contributed by atoms with van der Waals surface area (Å²) in [6.45, 7) is 1.84. The molecule has 0 saturated carbocycles. The highest BCUT2D eigenvalue weighted by Crippen LogP contribution is 2.27. The highest BCUT2D eigenvalue weighted by Gasteiger charge is 2.11. The van der Waals surface area contributed by atoms with Gasteiger partial charge in [0.1, 0.15) is 17.2 Å². The highest BCUT2D eigenvalue weighted by atomic mass is 15.2. The molecule has 3 rings (SSSR count). The summed E-state index contributed by atoms with van der Waals surface area (Å²) in [4.78, 5) is 8.55. The third-order valence-electron chi connectivity index (χ3n) is 2.79. The molecule has 0 radical (unpaired) electrons. The van der Waals surface area contributed by atoms with Crippen LogP contribution in [0.25, 0.3) is 22.5 Å². The van der Waals surface area contributed by atoms with Crippen molar-refractivity contribution >= 4 is 0 Å². The van der Waals surface area contributed by atoms with E-state index in [4.69, 9.17) is 0 Å². The van der Waals surface area contributed by atoms with E-state index in [0.717, 1.165) is 22.5 Å². The second-order valence-corrected chi connectivity index (χ2v) is 4.16. The van der Waals surface area contributed by atoms with Gasteiger partial charge < -0.3 is 0 Å². The molecule has 0 bridgehead atoms. The van der Waals surface area contributed by atoms with Crippen molar-refractivity contribution in [1.29, 1.82) is 0 Å². The van der Waals surface area contributed by atoms with Crippen molar-refractivity contribution in [3.8, 4) is 22.5 Å². The number of hydrogen-bond donors (Lipinski definition) is 0. The van der Waals surface area contributed by atoms with Crippen LogP contribution in [-0.2, 0) is 0 Å². The maximum Gasteiger partial charge on any atom is 0.148 e. The quantitative estimate of drug-likeness (QED) is 0.699. The van der Waals surface area contributed by atoms with Crippen molar-refractivity contribution in [2.75, 3.05) is 0 Å². The Morgan fingerprint density at radius 3 is 2.16 bits per heavy atom. The Bertz CT molecular complexity index is 681. The van der Waals surface area contributed by atoms with Crippen LogP contribution in [0, 0.1) is 6.92 Å². The molecule has 0 aliphatic heterocycles. The van der Waals surface area contributed by atoms with Crippen LogP contribution in [0.5, 0.6) is 0 Å². The number of aryl methyl sites for hydroxylation is 1. The molecule has 0 aliphatic carbocycles. The van der Waals surface area contributed by atoms with Crippen molar-refractivity contribution in [3.05, 3.63) is 60.7 Å². The van der Waals surface area contributed by atoms with Gasteiger partial charge in [-0.1, -0.05) is 30.3 Å². The fourth-order valence-electron chi connectivity index (χ4n) is 1.91. The third-order valence-corrected chi connectivity index (χ3v) is 2.79. The average molecular weight is 248 g/mol. The van der Waals surface area contributed by atoms with Gasteiger partial charge in [-0.25, -0.2) is 4.98 Å². The van der Waals surface area contributed by atoms with Gasteiger partial charge >= 0.3 is 0 Å². The maximum absolute atomic E-state index is 4.53. The largest absolute Gasteiger partial charge is 0.265 e. The van der Waals surface area contributed by atoms with Gasteiger partial charge in [0.25, 0.3) is 0 Å². The van der Waals surface area contributed by atoms with E-state index in [0.29, 0.717) is 5.82 Å². The van der Waals surface area contributed by atoms with Gasteiger partial charge in [-0.2, -0.15) is 0 Å². The third kappa shape index (κ3) is 2.33. The molecule has 0 unspecified atom stereocenters. The lowest BCUT2D eigenvalue weighted by Crippen LogP contribution is -1.99. The van der Waals surface area contributed by atoms with E-state index in [-0.39, 0.29) is 0 Å². The minimum Gasteiger partial charge on any atom is -0.265 e. The van der Waals surface area contributed by atoms with Gasteiger partial charge in [0, 0.05) is 23.5 Å². The van der Waals surface area contributed by atoms with Crippen LogP contribution in [0.15, 0.2) is 54.9 Å². The second kappa shape index (κ2) is 4.94. The normalized spacial score (nSPS) is 10.4. The molecule has 0 saturated heterocycles. The maximum atomic E-state index is 4.53. The summed E-state index contributed by atoms with van der Waals surface area (Å²) in [5.74, 6) is 0.664. The van der Waals surface area contributed by atoms with E-state index >= 15 is 0 Å². The Morgan fingerprint density at radius 2 is 1.42 bits per heavy atom. The van der Waals surface area contributed by atoms with E-state index in [9.17, 15) is 0 Å². The molecule has 4 nitrogen and oxygen atoms in total. The minimum atomic E-state index is 0.664. The van der Waals surface area contributed by atoms with Crippen molar-refractivity contribution < 1.29 is 0 Å². The predicted octanol–water partition coefficient (Wildman–Crippen LogP) is 2.91. The Balaban J connectivity index is 2.21. The Hall–Kier alpha value is -2.62. The predicted molar refractivity (Wildman–Crippen MR) is 73.2 cm³/mol. The SMILES string of the molecule is Cc1nnc(-c2ccncc2)c(-c2ccccc2)n1. The zero-order chi connectivity index (χ0) is 13.1. The van der Waals surface area contributed by atoms with Crippen molar-refractivity contribution in [1.82, 2.24) is 20.2 Å². The summed E-state index contributed by atoms with van der Waals surface area (Å²) in [5, 5.41) is 8.34. The fraction of sp³-hybridized carbons (Fsp3) is 0.0667. The van der Waals surface area contributed by atoms with Crippen LogP contribution >= 0.6 is 0 Å². The zero-order valence-corrected chi connectivity index (χ0v) is 10.5. The molecule has 0 amide bonds. The average Bonchev–Trinajstić information content (AvgIpc) is 2.49. The van der Waals surface area contributed by atoms with Crippen molar-refractivity contribution in [3.63, 3.8) is 0 Å². The van der Waals surface area contributed by atoms with E-state index in [2.05, 4.69) is 20.2 Å². The first-order valence-electron chi connectivity index (χ1n) is 6.02. The lowest BCUT2D eigenvalue weighted by molar-refractivity contribution is 0.918. The topological polar surface area (TPSA) is 51.6 Å². The zero-order valence-electron chi connectivity index (χ0n) is 10.5. The molecule has 0 aliphatic rings. The molecule has 4 heteroatoms. The Morgan fingerprint density at radius 1 is 0.737 bits per heavy atom.